The molecule has 1 aromatic rings. The highest BCUT2D eigenvalue weighted by Gasteiger charge is 2.08. The number of carbonyl (C=O) groups is 2. The number of carboxylic acid groups (broad SMARTS) is 1. The van der Waals surface area contributed by atoms with Gasteiger partial charge in [0.15, 0.2) is 0 Å². The van der Waals surface area contributed by atoms with Crippen molar-refractivity contribution in [3.63, 3.8) is 0 Å². The molecule has 1 aromatic carbocycles. The third-order valence-electron chi connectivity index (χ3n) is 3.50. The van der Waals surface area contributed by atoms with Gasteiger partial charge in [-0.05, 0) is 37.1 Å². The number of hydrogen-bond donors (Lipinski definition) is 2. The zero-order valence-electron chi connectivity index (χ0n) is 12.9. The summed E-state index contributed by atoms with van der Waals surface area (Å²) in [6, 6.07) is 4.73. The summed E-state index contributed by atoms with van der Waals surface area (Å²) >= 11 is 0. The van der Waals surface area contributed by atoms with Gasteiger partial charge < -0.3 is 10.4 Å². The minimum absolute atomic E-state index is 0.00309. The molecule has 0 saturated carbocycles. The van der Waals surface area contributed by atoms with Gasteiger partial charge in [-0.25, -0.2) is 4.79 Å². The molecule has 0 spiro atoms. The van der Waals surface area contributed by atoms with E-state index in [-0.39, 0.29) is 11.5 Å². The second kappa shape index (κ2) is 9.16. The number of benzene rings is 1. The van der Waals surface area contributed by atoms with Crippen LogP contribution in [0.25, 0.3) is 0 Å². The van der Waals surface area contributed by atoms with Gasteiger partial charge in [0.25, 0.3) is 0 Å². The Hall–Kier alpha value is -1.84. The van der Waals surface area contributed by atoms with Crippen molar-refractivity contribution in [2.75, 3.05) is 5.32 Å². The van der Waals surface area contributed by atoms with Crippen LogP contribution in [0.3, 0.4) is 0 Å². The normalized spacial score (nSPS) is 10.4. The lowest BCUT2D eigenvalue weighted by atomic mass is 10.1. The van der Waals surface area contributed by atoms with E-state index in [9.17, 15) is 9.59 Å². The van der Waals surface area contributed by atoms with Gasteiger partial charge in [0, 0.05) is 12.1 Å². The van der Waals surface area contributed by atoms with Crippen LogP contribution >= 0.6 is 0 Å². The standard InChI is InChI=1S/C17H25NO3/c1-3-4-5-6-7-8-9-16(19)18-15-11-10-14(17(20)21)12-13(15)2/h10-12H,3-9H2,1-2H3,(H,18,19)(H,20,21). The molecule has 1 amide bonds. The van der Waals surface area contributed by atoms with Crippen molar-refractivity contribution in [2.24, 2.45) is 0 Å². The van der Waals surface area contributed by atoms with Gasteiger partial charge in [-0.2, -0.15) is 0 Å². The SMILES string of the molecule is CCCCCCCCC(=O)Nc1ccc(C(=O)O)cc1C. The molecular weight excluding hydrogens is 266 g/mol. The molecule has 4 heteroatoms. The molecule has 0 aromatic heterocycles. The van der Waals surface area contributed by atoms with Crippen LogP contribution in [0.2, 0.25) is 0 Å². The first-order valence-corrected chi connectivity index (χ1v) is 7.68. The van der Waals surface area contributed by atoms with Gasteiger partial charge in [0.05, 0.1) is 5.56 Å². The Balaban J connectivity index is 2.36. The van der Waals surface area contributed by atoms with Gasteiger partial charge in [0.2, 0.25) is 5.91 Å². The lowest BCUT2D eigenvalue weighted by molar-refractivity contribution is -0.116. The summed E-state index contributed by atoms with van der Waals surface area (Å²) < 4.78 is 0. The van der Waals surface area contributed by atoms with Gasteiger partial charge in [0.1, 0.15) is 0 Å². The van der Waals surface area contributed by atoms with Crippen molar-refractivity contribution < 1.29 is 14.7 Å². The molecule has 0 aliphatic rings. The molecule has 0 radical (unpaired) electrons. The molecule has 4 nitrogen and oxygen atoms in total. The van der Waals surface area contributed by atoms with Crippen molar-refractivity contribution in [3.8, 4) is 0 Å². The molecule has 21 heavy (non-hydrogen) atoms. The number of aryl methyl sites for hydroxylation is 1. The Kier molecular flexibility index (Phi) is 7.51. The lowest BCUT2D eigenvalue weighted by Gasteiger charge is -2.09. The van der Waals surface area contributed by atoms with E-state index in [1.54, 1.807) is 19.1 Å². The number of anilines is 1. The topological polar surface area (TPSA) is 66.4 Å². The Bertz CT molecular complexity index is 483. The Labute approximate surface area is 126 Å². The summed E-state index contributed by atoms with van der Waals surface area (Å²) in [7, 11) is 0. The molecule has 116 valence electrons. The Morgan fingerprint density at radius 1 is 1.10 bits per heavy atom. The number of nitrogens with one attached hydrogen (secondary N) is 1. The summed E-state index contributed by atoms with van der Waals surface area (Å²) in [4.78, 5) is 22.7. The van der Waals surface area contributed by atoms with E-state index < -0.39 is 5.97 Å². The number of carbonyl (C=O) groups excluding carboxylic acids is 1. The number of rotatable bonds is 9. The fraction of sp³-hybridized carbons (Fsp3) is 0.529. The third kappa shape index (κ3) is 6.43. The number of hydrogen-bond acceptors (Lipinski definition) is 2. The number of unbranched alkanes of at least 4 members (excludes halogenated alkanes) is 5. The maximum Gasteiger partial charge on any atom is 0.335 e. The van der Waals surface area contributed by atoms with Crippen LogP contribution in [0, 0.1) is 6.92 Å². The minimum atomic E-state index is -0.956. The number of amides is 1. The molecule has 0 fully saturated rings. The molecule has 0 saturated heterocycles. The average molecular weight is 291 g/mol. The van der Waals surface area contributed by atoms with E-state index in [2.05, 4.69) is 12.2 Å². The highest BCUT2D eigenvalue weighted by molar-refractivity contribution is 5.93. The number of aromatic carboxylic acids is 1. The second-order valence-electron chi connectivity index (χ2n) is 5.40. The smallest absolute Gasteiger partial charge is 0.335 e. The molecule has 1 rings (SSSR count). The summed E-state index contributed by atoms with van der Waals surface area (Å²) in [6.07, 6.45) is 7.44. The van der Waals surface area contributed by atoms with Gasteiger partial charge in [-0.15, -0.1) is 0 Å². The zero-order valence-corrected chi connectivity index (χ0v) is 12.9. The quantitative estimate of drug-likeness (QED) is 0.663. The van der Waals surface area contributed by atoms with Crippen molar-refractivity contribution in [1.29, 1.82) is 0 Å². The van der Waals surface area contributed by atoms with Crippen molar-refractivity contribution in [2.45, 2.75) is 58.8 Å². The first-order chi connectivity index (χ1) is 10.0. The lowest BCUT2D eigenvalue weighted by Crippen LogP contribution is -2.12. The van der Waals surface area contributed by atoms with E-state index in [0.29, 0.717) is 12.1 Å². The van der Waals surface area contributed by atoms with Crippen LogP contribution in [0.1, 0.15) is 67.8 Å². The monoisotopic (exact) mass is 291 g/mol. The predicted molar refractivity (Wildman–Crippen MR) is 84.8 cm³/mol. The molecule has 0 aliphatic heterocycles. The maximum absolute atomic E-state index is 11.8. The fourth-order valence-electron chi connectivity index (χ4n) is 2.22. The van der Waals surface area contributed by atoms with Crippen molar-refractivity contribution >= 4 is 17.6 Å². The maximum atomic E-state index is 11.8. The van der Waals surface area contributed by atoms with Crippen LogP contribution in [0.5, 0.6) is 0 Å². The zero-order chi connectivity index (χ0) is 15.7. The second-order valence-corrected chi connectivity index (χ2v) is 5.40. The van der Waals surface area contributed by atoms with Crippen LogP contribution in [0.4, 0.5) is 5.69 Å². The molecule has 0 bridgehead atoms. The summed E-state index contributed by atoms with van der Waals surface area (Å²) in [5.41, 5.74) is 1.70. The van der Waals surface area contributed by atoms with E-state index in [0.717, 1.165) is 18.4 Å². The average Bonchev–Trinajstić information content (AvgIpc) is 2.44. The van der Waals surface area contributed by atoms with Gasteiger partial charge >= 0.3 is 5.97 Å². The molecule has 0 unspecified atom stereocenters. The van der Waals surface area contributed by atoms with Crippen molar-refractivity contribution in [3.05, 3.63) is 29.3 Å². The molecule has 2 N–H and O–H groups in total. The van der Waals surface area contributed by atoms with Crippen LogP contribution in [-0.2, 0) is 4.79 Å². The van der Waals surface area contributed by atoms with Crippen LogP contribution in [0.15, 0.2) is 18.2 Å². The van der Waals surface area contributed by atoms with E-state index in [1.807, 2.05) is 0 Å². The molecule has 0 aliphatic carbocycles. The summed E-state index contributed by atoms with van der Waals surface area (Å²) in [5, 5.41) is 11.7. The third-order valence-corrected chi connectivity index (χ3v) is 3.50. The minimum Gasteiger partial charge on any atom is -0.478 e. The predicted octanol–water partition coefficient (Wildman–Crippen LogP) is 4.38. The van der Waals surface area contributed by atoms with Gasteiger partial charge in [-0.1, -0.05) is 39.0 Å². The van der Waals surface area contributed by atoms with Crippen LogP contribution < -0.4 is 5.32 Å². The first-order valence-electron chi connectivity index (χ1n) is 7.68. The highest BCUT2D eigenvalue weighted by Crippen LogP contribution is 2.17. The Morgan fingerprint density at radius 3 is 2.38 bits per heavy atom. The van der Waals surface area contributed by atoms with E-state index in [4.69, 9.17) is 5.11 Å². The largest absolute Gasteiger partial charge is 0.478 e. The molecule has 0 atom stereocenters. The van der Waals surface area contributed by atoms with E-state index >= 15 is 0 Å². The summed E-state index contributed by atoms with van der Waals surface area (Å²) in [5.74, 6) is -0.959. The van der Waals surface area contributed by atoms with Crippen molar-refractivity contribution in [1.82, 2.24) is 0 Å². The molecular formula is C17H25NO3. The van der Waals surface area contributed by atoms with Gasteiger partial charge in [-0.3, -0.25) is 4.79 Å². The van der Waals surface area contributed by atoms with E-state index in [1.165, 1.54) is 31.7 Å². The number of carboxylic acids is 1. The first kappa shape index (κ1) is 17.2. The van der Waals surface area contributed by atoms with Crippen LogP contribution in [-0.4, -0.2) is 17.0 Å². The molecule has 0 heterocycles. The Morgan fingerprint density at radius 2 is 1.76 bits per heavy atom. The fourth-order valence-corrected chi connectivity index (χ4v) is 2.22. The highest BCUT2D eigenvalue weighted by atomic mass is 16.4. The summed E-state index contributed by atoms with van der Waals surface area (Å²) in [6.45, 7) is 3.98.